The van der Waals surface area contributed by atoms with E-state index in [1.54, 1.807) is 0 Å². The summed E-state index contributed by atoms with van der Waals surface area (Å²) in [7, 11) is 0. The van der Waals surface area contributed by atoms with Crippen LogP contribution in [0.3, 0.4) is 0 Å². The smallest absolute Gasteiger partial charge is 0.243 e. The molecule has 2 heterocycles. The molecule has 0 aliphatic heterocycles. The molecule has 4 nitrogen and oxygen atoms in total. The topological polar surface area (TPSA) is 42.2 Å². The highest BCUT2D eigenvalue weighted by Gasteiger charge is 2.08. The second-order valence-corrected chi connectivity index (χ2v) is 5.12. The number of nitrogens with zero attached hydrogens (tertiary/aromatic N) is 3. The number of nitrogens with one attached hydrogen (secondary N) is 1. The Morgan fingerprint density at radius 3 is 2.76 bits per heavy atom. The Hall–Kier alpha value is -1.58. The average Bonchev–Trinajstić information content (AvgIpc) is 2.57. The minimum absolute atomic E-state index is 0.397. The van der Waals surface area contributed by atoms with E-state index in [1.165, 1.54) is 5.56 Å². The lowest BCUT2D eigenvalue weighted by molar-refractivity contribution is 0.537. The number of fused-ring (bicyclic) bond motifs is 1. The molecule has 0 aliphatic rings. The zero-order valence-electron chi connectivity index (χ0n) is 10.9. The van der Waals surface area contributed by atoms with Crippen molar-refractivity contribution in [2.75, 3.05) is 5.32 Å². The summed E-state index contributed by atoms with van der Waals surface area (Å²) in [6.45, 7) is 8.66. The molecule has 2 aromatic heterocycles. The van der Waals surface area contributed by atoms with Gasteiger partial charge in [-0.05, 0) is 37.8 Å². The van der Waals surface area contributed by atoms with Crippen LogP contribution in [0.15, 0.2) is 18.3 Å². The lowest BCUT2D eigenvalue weighted by atomic mass is 10.1. The van der Waals surface area contributed by atoms with Crippen molar-refractivity contribution >= 4 is 11.6 Å². The van der Waals surface area contributed by atoms with Crippen molar-refractivity contribution in [2.45, 2.75) is 40.2 Å². The standard InChI is InChI=1S/C13H20N4/c1-9(2)7-11(4)14-13-15-12-6-5-10(3)8-17(12)16-13/h5-6,8-9,11H,7H2,1-4H3,(H,14,16). The first-order chi connectivity index (χ1) is 8.04. The first-order valence-corrected chi connectivity index (χ1v) is 6.14. The van der Waals surface area contributed by atoms with Crippen LogP contribution in [0.2, 0.25) is 0 Å². The molecule has 0 amide bonds. The van der Waals surface area contributed by atoms with E-state index in [1.807, 2.05) is 22.8 Å². The van der Waals surface area contributed by atoms with Crippen LogP contribution in [-0.2, 0) is 0 Å². The third-order valence-corrected chi connectivity index (χ3v) is 2.68. The van der Waals surface area contributed by atoms with E-state index in [4.69, 9.17) is 0 Å². The Kier molecular flexibility index (Phi) is 3.31. The number of aromatic nitrogens is 3. The number of pyridine rings is 1. The van der Waals surface area contributed by atoms with Crippen molar-refractivity contribution in [3.63, 3.8) is 0 Å². The first-order valence-electron chi connectivity index (χ1n) is 6.14. The van der Waals surface area contributed by atoms with Gasteiger partial charge in [0.25, 0.3) is 0 Å². The quantitative estimate of drug-likeness (QED) is 0.881. The van der Waals surface area contributed by atoms with Crippen molar-refractivity contribution in [3.8, 4) is 0 Å². The molecule has 0 aromatic carbocycles. The van der Waals surface area contributed by atoms with Crippen molar-refractivity contribution in [1.29, 1.82) is 0 Å². The van der Waals surface area contributed by atoms with Gasteiger partial charge in [-0.15, -0.1) is 5.10 Å². The van der Waals surface area contributed by atoms with Gasteiger partial charge in [0.15, 0.2) is 5.65 Å². The Labute approximate surface area is 102 Å². The molecule has 0 fully saturated rings. The Balaban J connectivity index is 2.14. The highest BCUT2D eigenvalue weighted by Crippen LogP contribution is 2.11. The van der Waals surface area contributed by atoms with Gasteiger partial charge >= 0.3 is 0 Å². The second-order valence-electron chi connectivity index (χ2n) is 5.12. The second kappa shape index (κ2) is 4.73. The predicted octanol–water partition coefficient (Wildman–Crippen LogP) is 2.88. The van der Waals surface area contributed by atoms with E-state index in [0.717, 1.165) is 12.1 Å². The number of hydrogen-bond donors (Lipinski definition) is 1. The normalized spacial score (nSPS) is 13.2. The summed E-state index contributed by atoms with van der Waals surface area (Å²) in [5.74, 6) is 1.39. The van der Waals surface area contributed by atoms with Gasteiger partial charge < -0.3 is 5.32 Å². The van der Waals surface area contributed by atoms with Crippen LogP contribution in [0.4, 0.5) is 5.95 Å². The molecule has 2 rings (SSSR count). The predicted molar refractivity (Wildman–Crippen MR) is 70.3 cm³/mol. The van der Waals surface area contributed by atoms with E-state index >= 15 is 0 Å². The molecule has 0 bridgehead atoms. The highest BCUT2D eigenvalue weighted by molar-refractivity contribution is 5.44. The molecule has 1 unspecified atom stereocenters. The highest BCUT2D eigenvalue weighted by atomic mass is 15.3. The van der Waals surface area contributed by atoms with Gasteiger partial charge in [0, 0.05) is 12.2 Å². The summed E-state index contributed by atoms with van der Waals surface area (Å²) in [5.41, 5.74) is 2.07. The molecule has 17 heavy (non-hydrogen) atoms. The molecule has 0 aliphatic carbocycles. The summed E-state index contributed by atoms with van der Waals surface area (Å²) < 4.78 is 1.82. The van der Waals surface area contributed by atoms with E-state index in [-0.39, 0.29) is 0 Å². The van der Waals surface area contributed by atoms with Gasteiger partial charge in [0.2, 0.25) is 5.95 Å². The molecule has 4 heteroatoms. The Morgan fingerprint density at radius 1 is 1.29 bits per heavy atom. The molecule has 0 radical (unpaired) electrons. The molecule has 0 saturated heterocycles. The fraction of sp³-hybridized carbons (Fsp3) is 0.538. The van der Waals surface area contributed by atoms with Crippen molar-refractivity contribution in [2.24, 2.45) is 5.92 Å². The molecule has 0 saturated carbocycles. The Morgan fingerprint density at radius 2 is 2.06 bits per heavy atom. The minimum Gasteiger partial charge on any atom is -0.350 e. The van der Waals surface area contributed by atoms with Crippen LogP contribution in [0.25, 0.3) is 5.65 Å². The number of aryl methyl sites for hydroxylation is 1. The number of anilines is 1. The van der Waals surface area contributed by atoms with Crippen LogP contribution in [-0.4, -0.2) is 20.6 Å². The van der Waals surface area contributed by atoms with Crippen LogP contribution in [0, 0.1) is 12.8 Å². The largest absolute Gasteiger partial charge is 0.350 e. The molecular formula is C13H20N4. The zero-order valence-corrected chi connectivity index (χ0v) is 10.9. The summed E-state index contributed by atoms with van der Waals surface area (Å²) in [6.07, 6.45) is 3.11. The van der Waals surface area contributed by atoms with Gasteiger partial charge in [-0.1, -0.05) is 19.9 Å². The maximum absolute atomic E-state index is 4.44. The summed E-state index contributed by atoms with van der Waals surface area (Å²) in [6, 6.07) is 4.43. The van der Waals surface area contributed by atoms with Gasteiger partial charge in [-0.25, -0.2) is 4.52 Å². The lowest BCUT2D eigenvalue weighted by Gasteiger charge is -2.13. The number of hydrogen-bond acceptors (Lipinski definition) is 3. The third-order valence-electron chi connectivity index (χ3n) is 2.68. The average molecular weight is 232 g/mol. The molecule has 2 aromatic rings. The van der Waals surface area contributed by atoms with Crippen LogP contribution < -0.4 is 5.32 Å². The monoisotopic (exact) mass is 232 g/mol. The first kappa shape index (κ1) is 11.9. The number of rotatable bonds is 4. The van der Waals surface area contributed by atoms with Crippen molar-refractivity contribution in [3.05, 3.63) is 23.9 Å². The summed E-state index contributed by atoms with van der Waals surface area (Å²) in [4.78, 5) is 4.44. The lowest BCUT2D eigenvalue weighted by Crippen LogP contribution is -2.18. The van der Waals surface area contributed by atoms with E-state index in [0.29, 0.717) is 17.9 Å². The van der Waals surface area contributed by atoms with Crippen molar-refractivity contribution in [1.82, 2.24) is 14.6 Å². The van der Waals surface area contributed by atoms with Gasteiger partial charge in [-0.3, -0.25) is 0 Å². The van der Waals surface area contributed by atoms with Crippen LogP contribution in [0.1, 0.15) is 32.8 Å². The van der Waals surface area contributed by atoms with Gasteiger partial charge in [0.05, 0.1) is 0 Å². The SMILES string of the molecule is Cc1ccc2nc(NC(C)CC(C)C)nn2c1. The summed E-state index contributed by atoms with van der Waals surface area (Å²) >= 11 is 0. The van der Waals surface area contributed by atoms with Crippen LogP contribution in [0.5, 0.6) is 0 Å². The molecule has 92 valence electrons. The van der Waals surface area contributed by atoms with Crippen molar-refractivity contribution < 1.29 is 0 Å². The van der Waals surface area contributed by atoms with Crippen LogP contribution >= 0.6 is 0 Å². The third kappa shape index (κ3) is 2.96. The fourth-order valence-corrected chi connectivity index (χ4v) is 2.03. The van der Waals surface area contributed by atoms with E-state index < -0.39 is 0 Å². The maximum atomic E-state index is 4.44. The van der Waals surface area contributed by atoms with Gasteiger partial charge in [-0.2, -0.15) is 4.98 Å². The summed E-state index contributed by atoms with van der Waals surface area (Å²) in [5, 5.41) is 7.75. The molecule has 0 spiro atoms. The van der Waals surface area contributed by atoms with E-state index in [9.17, 15) is 0 Å². The Bertz CT molecular complexity index is 501. The molecule has 1 N–H and O–H groups in total. The maximum Gasteiger partial charge on any atom is 0.243 e. The van der Waals surface area contributed by atoms with Gasteiger partial charge in [0.1, 0.15) is 0 Å². The minimum atomic E-state index is 0.397. The molecular weight excluding hydrogens is 212 g/mol. The molecule has 1 atom stereocenters. The van der Waals surface area contributed by atoms with E-state index in [2.05, 4.69) is 43.1 Å². The zero-order chi connectivity index (χ0) is 12.4. The fourth-order valence-electron chi connectivity index (χ4n) is 2.03.